The number of H-pyrrole nitrogens is 1. The van der Waals surface area contributed by atoms with Crippen LogP contribution in [0.1, 0.15) is 96.3 Å². The Hall–Kier alpha value is -6.40. The van der Waals surface area contributed by atoms with Gasteiger partial charge in [0.15, 0.2) is 5.82 Å². The third kappa shape index (κ3) is 6.65. The number of hydrogen-bond donors (Lipinski definition) is 1. The molecule has 65 heavy (non-hydrogen) atoms. The number of nitrogens with one attached hydrogen (secondary N) is 1. The Balaban J connectivity index is 1.12. The van der Waals surface area contributed by atoms with Crippen molar-refractivity contribution in [1.29, 1.82) is 0 Å². The summed E-state index contributed by atoms with van der Waals surface area (Å²) in [6, 6.07) is 14.9. The van der Waals surface area contributed by atoms with Crippen molar-refractivity contribution in [3.8, 4) is 17.2 Å². The van der Waals surface area contributed by atoms with Crippen molar-refractivity contribution >= 4 is 26.5 Å². The fraction of sp³-hybridized carbons (Fsp3) is 0.383. The average molecular weight is 906 g/mol. The Morgan fingerprint density at radius 1 is 1.00 bits per heavy atom. The van der Waals surface area contributed by atoms with Crippen molar-refractivity contribution in [2.45, 2.75) is 82.7 Å². The SMILES string of the molecule is CCS(=O)(=NC)c1ccc(-n2ccn(-c3c4c(nn3-c3cc(C)c(F)c(C)c3)CCN(C(=O)c3cc5cc(C6CCOCC6)ccc5n3[C@@]3(c5noc(=O)[nH]5)C[C@@H]3C)[C@H]4C)c2=O)c(F)c1. The number of imidazole rings is 1. The lowest BCUT2D eigenvalue weighted by atomic mass is 9.91. The predicted octanol–water partition coefficient (Wildman–Crippen LogP) is 7.25. The molecule has 1 amide bonds. The van der Waals surface area contributed by atoms with Gasteiger partial charge in [0.1, 0.15) is 28.7 Å². The molecule has 0 radical (unpaired) electrons. The lowest BCUT2D eigenvalue weighted by Gasteiger charge is -2.34. The summed E-state index contributed by atoms with van der Waals surface area (Å²) in [6.45, 7) is 10.6. The average Bonchev–Trinajstić information content (AvgIpc) is 3.80. The summed E-state index contributed by atoms with van der Waals surface area (Å²) < 4.78 is 65.2. The number of aryl methyl sites for hydroxylation is 2. The molecule has 15 nitrogen and oxygen atoms in total. The van der Waals surface area contributed by atoms with Crippen molar-refractivity contribution in [3.63, 3.8) is 0 Å². The molecule has 2 fully saturated rings. The molecule has 1 N–H and O–H groups in total. The first-order valence-corrected chi connectivity index (χ1v) is 23.6. The highest BCUT2D eigenvalue weighted by atomic mass is 32.2. The molecule has 7 aromatic rings. The second-order valence-corrected chi connectivity index (χ2v) is 20.2. The van der Waals surface area contributed by atoms with E-state index in [-0.39, 0.29) is 40.5 Å². The summed E-state index contributed by atoms with van der Waals surface area (Å²) in [7, 11) is -1.41. The number of halogens is 2. The maximum absolute atomic E-state index is 16.0. The number of aromatic nitrogens is 7. The molecule has 3 aliphatic rings. The van der Waals surface area contributed by atoms with Crippen LogP contribution in [-0.4, -0.2) is 81.2 Å². The van der Waals surface area contributed by atoms with Crippen molar-refractivity contribution < 1.29 is 27.0 Å². The molecular weight excluding hydrogens is 857 g/mol. The molecule has 0 bridgehead atoms. The quantitative estimate of drug-likeness (QED) is 0.158. The van der Waals surface area contributed by atoms with E-state index >= 15 is 13.6 Å². The number of fused-ring (bicyclic) bond motifs is 2. The van der Waals surface area contributed by atoms with Crippen LogP contribution in [0.15, 0.2) is 90.4 Å². The molecule has 10 rings (SSSR count). The summed E-state index contributed by atoms with van der Waals surface area (Å²) in [5.41, 5.74) is 3.30. The van der Waals surface area contributed by atoms with E-state index in [9.17, 15) is 13.8 Å². The molecule has 1 unspecified atom stereocenters. The van der Waals surface area contributed by atoms with E-state index < -0.39 is 38.6 Å². The van der Waals surface area contributed by atoms with E-state index in [1.54, 1.807) is 42.5 Å². The number of carbonyl (C=O) groups excluding carboxylic acids is 1. The van der Waals surface area contributed by atoms with Crippen LogP contribution in [0.4, 0.5) is 8.78 Å². The van der Waals surface area contributed by atoms with Crippen LogP contribution in [-0.2, 0) is 26.4 Å². The van der Waals surface area contributed by atoms with Crippen LogP contribution in [0.5, 0.6) is 0 Å². The van der Waals surface area contributed by atoms with Crippen LogP contribution >= 0.6 is 0 Å². The largest absolute Gasteiger partial charge is 0.438 e. The first-order chi connectivity index (χ1) is 31.2. The van der Waals surface area contributed by atoms with E-state index in [0.717, 1.165) is 39.9 Å². The fourth-order valence-electron chi connectivity index (χ4n) is 10.2. The summed E-state index contributed by atoms with van der Waals surface area (Å²) in [4.78, 5) is 47.3. The van der Waals surface area contributed by atoms with Crippen molar-refractivity contribution in [3.05, 3.63) is 139 Å². The maximum atomic E-state index is 16.0. The van der Waals surface area contributed by atoms with E-state index in [0.29, 0.717) is 77.4 Å². The van der Waals surface area contributed by atoms with Crippen LogP contribution in [0, 0.1) is 31.4 Å². The summed E-state index contributed by atoms with van der Waals surface area (Å²) >= 11 is 0. The molecule has 6 heterocycles. The normalized spacial score (nSPS) is 20.8. The zero-order chi connectivity index (χ0) is 45.7. The molecule has 4 atom stereocenters. The van der Waals surface area contributed by atoms with Gasteiger partial charge in [-0.1, -0.05) is 25.1 Å². The Labute approximate surface area is 372 Å². The number of hydrogen-bond acceptors (Lipinski definition) is 9. The second-order valence-electron chi connectivity index (χ2n) is 17.5. The minimum Gasteiger partial charge on any atom is -0.381 e. The van der Waals surface area contributed by atoms with Crippen LogP contribution in [0.3, 0.4) is 0 Å². The molecule has 1 saturated carbocycles. The fourth-order valence-corrected chi connectivity index (χ4v) is 11.6. The smallest absolute Gasteiger partial charge is 0.381 e. The van der Waals surface area contributed by atoms with Gasteiger partial charge in [0.25, 0.3) is 5.91 Å². The van der Waals surface area contributed by atoms with Crippen LogP contribution in [0.25, 0.3) is 28.1 Å². The summed E-state index contributed by atoms with van der Waals surface area (Å²) in [5, 5.41) is 10.1. The van der Waals surface area contributed by atoms with Gasteiger partial charge in [0.2, 0.25) is 0 Å². The number of benzene rings is 3. The Morgan fingerprint density at radius 2 is 1.72 bits per heavy atom. The van der Waals surface area contributed by atoms with Gasteiger partial charge >= 0.3 is 11.4 Å². The molecule has 2 aliphatic heterocycles. The number of ether oxygens (including phenoxy) is 1. The Morgan fingerprint density at radius 3 is 2.37 bits per heavy atom. The summed E-state index contributed by atoms with van der Waals surface area (Å²) in [6.07, 6.45) is 5.67. The highest BCUT2D eigenvalue weighted by Crippen LogP contribution is 2.56. The first-order valence-electron chi connectivity index (χ1n) is 21.9. The zero-order valence-electron chi connectivity index (χ0n) is 36.9. The number of rotatable bonds is 9. The maximum Gasteiger partial charge on any atom is 0.438 e. The summed E-state index contributed by atoms with van der Waals surface area (Å²) in [5.74, 6) is -0.944. The topological polar surface area (TPSA) is 168 Å². The highest BCUT2D eigenvalue weighted by Gasteiger charge is 2.59. The molecular formula is C47H49F2N9O6S. The molecule has 18 heteroatoms. The minimum absolute atomic E-state index is 0.00672. The number of amides is 1. The first kappa shape index (κ1) is 42.5. The van der Waals surface area contributed by atoms with E-state index in [4.69, 9.17) is 14.4 Å². The van der Waals surface area contributed by atoms with Gasteiger partial charge in [0, 0.05) is 67.8 Å². The standard InChI is InChI=1S/C47H49F2N9O6S/c1-7-65(62,50-6)34-9-11-38(35(48)24-34)55-16-17-56(46(55)61)42-40-29(5)54(15-12-36(40)52-58(42)33-20-26(2)41(49)27(3)21-33)43(59)39-23-32-22-31(30-13-18-63-19-14-30)8-10-37(32)57(39)47(25-28(47)4)44-51-45(60)64-53-44/h8-11,16-17,20-24,28-30H,7,12-15,18-19,25H2,1-6H3,(H,51,53,60)/t28-,29-,47-,65?/m0/s1. The van der Waals surface area contributed by atoms with Crippen LogP contribution < -0.4 is 11.4 Å². The Kier molecular flexibility index (Phi) is 10.2. The van der Waals surface area contributed by atoms with E-state index in [1.807, 2.05) is 30.5 Å². The monoisotopic (exact) mass is 905 g/mol. The number of nitrogens with zero attached hydrogens (tertiary/aromatic N) is 8. The van der Waals surface area contributed by atoms with Gasteiger partial charge in [0.05, 0.1) is 37.7 Å². The number of aromatic amines is 1. The van der Waals surface area contributed by atoms with Crippen molar-refractivity contribution in [1.82, 2.24) is 38.5 Å². The van der Waals surface area contributed by atoms with Gasteiger partial charge in [-0.2, -0.15) is 5.10 Å². The third-order valence-corrected chi connectivity index (χ3v) is 16.2. The van der Waals surface area contributed by atoms with Crippen molar-refractivity contribution in [2.75, 3.05) is 32.6 Å². The molecule has 1 saturated heterocycles. The van der Waals surface area contributed by atoms with Gasteiger partial charge in [-0.25, -0.2) is 31.6 Å². The molecule has 0 spiro atoms. The second kappa shape index (κ2) is 15.6. The van der Waals surface area contributed by atoms with Crippen LogP contribution in [0.2, 0.25) is 0 Å². The Bertz CT molecular complexity index is 3300. The molecule has 3 aromatic carbocycles. The lowest BCUT2D eigenvalue weighted by Crippen LogP contribution is -2.41. The third-order valence-electron chi connectivity index (χ3n) is 13.9. The lowest BCUT2D eigenvalue weighted by molar-refractivity contribution is 0.0663. The van der Waals surface area contributed by atoms with E-state index in [1.165, 1.54) is 36.1 Å². The van der Waals surface area contributed by atoms with Gasteiger partial charge in [-0.15, -0.1) is 0 Å². The highest BCUT2D eigenvalue weighted by molar-refractivity contribution is 7.93. The zero-order valence-corrected chi connectivity index (χ0v) is 37.7. The van der Waals surface area contributed by atoms with E-state index in [2.05, 4.69) is 26.6 Å². The van der Waals surface area contributed by atoms with Gasteiger partial charge in [-0.05, 0) is 117 Å². The van der Waals surface area contributed by atoms with Gasteiger partial charge < -0.3 is 14.2 Å². The molecule has 1 aliphatic carbocycles. The van der Waals surface area contributed by atoms with Gasteiger partial charge in [-0.3, -0.25) is 23.4 Å². The minimum atomic E-state index is -2.84. The molecule has 4 aromatic heterocycles. The predicted molar refractivity (Wildman–Crippen MR) is 239 cm³/mol. The molecule has 338 valence electrons. The number of carbonyl (C=O) groups is 1. The van der Waals surface area contributed by atoms with Crippen molar-refractivity contribution in [2.24, 2.45) is 10.3 Å².